The van der Waals surface area contributed by atoms with Gasteiger partial charge >= 0.3 is 0 Å². The highest BCUT2D eigenvalue weighted by Gasteiger charge is 2.07. The molecule has 0 aliphatic heterocycles. The van der Waals surface area contributed by atoms with Gasteiger partial charge in [-0.05, 0) is 46.4 Å². The Balaban J connectivity index is 2.04. The van der Waals surface area contributed by atoms with E-state index in [0.29, 0.717) is 18.3 Å². The highest BCUT2D eigenvalue weighted by atomic mass is 127. The maximum atomic E-state index is 5.86. The van der Waals surface area contributed by atoms with Gasteiger partial charge in [0, 0.05) is 11.1 Å². The van der Waals surface area contributed by atoms with Crippen molar-refractivity contribution in [2.24, 2.45) is 21.8 Å². The Labute approximate surface area is 159 Å². The lowest BCUT2D eigenvalue weighted by atomic mass is 10.1. The number of hydrogen-bond acceptors (Lipinski definition) is 5. The Bertz CT molecular complexity index is 776. The largest absolute Gasteiger partial charge is 0.488 e. The fraction of sp³-hybridized carbons (Fsp3) is 0.176. The first-order chi connectivity index (χ1) is 12.0. The van der Waals surface area contributed by atoms with Crippen LogP contribution in [0.1, 0.15) is 16.7 Å². The number of hydrogen-bond donors (Lipinski definition) is 2. The lowest BCUT2D eigenvalue weighted by Gasteiger charge is -2.10. The molecule has 2 aromatic rings. The summed E-state index contributed by atoms with van der Waals surface area (Å²) in [5.74, 6) is 1.41. The SMILES string of the molecule is CO/N=C(\N)c1ccc(COc2ccc(/C(N)=N/OC)cc2I)cc1. The average Bonchev–Trinajstić information content (AvgIpc) is 2.61. The van der Waals surface area contributed by atoms with Crippen LogP contribution in [0.25, 0.3) is 0 Å². The monoisotopic (exact) mass is 454 g/mol. The van der Waals surface area contributed by atoms with Crippen molar-refractivity contribution in [2.75, 3.05) is 14.2 Å². The Morgan fingerprint density at radius 1 is 0.920 bits per heavy atom. The molecule has 0 aliphatic rings. The van der Waals surface area contributed by atoms with Crippen LogP contribution >= 0.6 is 22.6 Å². The summed E-state index contributed by atoms with van der Waals surface area (Å²) in [5.41, 5.74) is 14.1. The van der Waals surface area contributed by atoms with Gasteiger partial charge in [-0.25, -0.2) is 0 Å². The van der Waals surface area contributed by atoms with Crippen LogP contribution in [0.5, 0.6) is 5.75 Å². The third kappa shape index (κ3) is 5.24. The molecular formula is C17H19IN4O3. The minimum absolute atomic E-state index is 0.317. The van der Waals surface area contributed by atoms with Crippen LogP contribution in [0.15, 0.2) is 52.8 Å². The predicted molar refractivity (Wildman–Crippen MR) is 105 cm³/mol. The Kier molecular flexibility index (Phi) is 6.87. The second kappa shape index (κ2) is 9.11. The summed E-state index contributed by atoms with van der Waals surface area (Å²) < 4.78 is 6.79. The van der Waals surface area contributed by atoms with Gasteiger partial charge in [-0.2, -0.15) is 0 Å². The van der Waals surface area contributed by atoms with Crippen molar-refractivity contribution >= 4 is 34.3 Å². The molecule has 0 amide bonds. The summed E-state index contributed by atoms with van der Waals surface area (Å²) in [6.45, 7) is 0.429. The Hall–Kier alpha value is -2.49. The summed E-state index contributed by atoms with van der Waals surface area (Å²) in [7, 11) is 2.91. The minimum Gasteiger partial charge on any atom is -0.488 e. The van der Waals surface area contributed by atoms with E-state index < -0.39 is 0 Å². The first kappa shape index (κ1) is 18.8. The molecule has 0 bridgehead atoms. The van der Waals surface area contributed by atoms with Gasteiger partial charge in [-0.1, -0.05) is 34.6 Å². The van der Waals surface area contributed by atoms with Gasteiger partial charge in [0.05, 0.1) is 3.57 Å². The number of nitrogens with two attached hydrogens (primary N) is 2. The number of ether oxygens (including phenoxy) is 1. The normalized spacial score (nSPS) is 12.0. The maximum Gasteiger partial charge on any atom is 0.170 e. The van der Waals surface area contributed by atoms with Crippen LogP contribution in [0.4, 0.5) is 0 Å². The molecule has 0 unspecified atom stereocenters. The molecule has 0 saturated heterocycles. The fourth-order valence-electron chi connectivity index (χ4n) is 2.01. The van der Waals surface area contributed by atoms with E-state index in [0.717, 1.165) is 26.0 Å². The molecule has 2 aromatic carbocycles. The number of rotatable bonds is 7. The third-order valence-corrected chi connectivity index (χ3v) is 4.09. The second-order valence-electron chi connectivity index (χ2n) is 4.95. The summed E-state index contributed by atoms with van der Waals surface area (Å²) in [4.78, 5) is 9.34. The molecule has 0 heterocycles. The molecular weight excluding hydrogens is 435 g/mol. The summed E-state index contributed by atoms with van der Waals surface area (Å²) in [6, 6.07) is 13.2. The number of halogens is 1. The van der Waals surface area contributed by atoms with Gasteiger partial charge in [0.15, 0.2) is 11.7 Å². The van der Waals surface area contributed by atoms with E-state index in [1.54, 1.807) is 0 Å². The molecule has 0 fully saturated rings. The van der Waals surface area contributed by atoms with E-state index in [-0.39, 0.29) is 0 Å². The van der Waals surface area contributed by atoms with Crippen molar-refractivity contribution in [1.29, 1.82) is 0 Å². The van der Waals surface area contributed by atoms with Crippen LogP contribution in [0, 0.1) is 3.57 Å². The lowest BCUT2D eigenvalue weighted by molar-refractivity contribution is 0.213. The van der Waals surface area contributed by atoms with Crippen molar-refractivity contribution in [3.63, 3.8) is 0 Å². The van der Waals surface area contributed by atoms with Crippen molar-refractivity contribution in [1.82, 2.24) is 0 Å². The molecule has 8 heteroatoms. The average molecular weight is 454 g/mol. The van der Waals surface area contributed by atoms with Gasteiger partial charge in [-0.3, -0.25) is 0 Å². The van der Waals surface area contributed by atoms with E-state index >= 15 is 0 Å². The highest BCUT2D eigenvalue weighted by Crippen LogP contribution is 2.23. The first-order valence-corrected chi connectivity index (χ1v) is 8.38. The Morgan fingerprint density at radius 3 is 2.04 bits per heavy atom. The molecule has 0 aliphatic carbocycles. The van der Waals surface area contributed by atoms with Crippen molar-refractivity contribution < 1.29 is 14.4 Å². The number of amidine groups is 2. The predicted octanol–water partition coefficient (Wildman–Crippen LogP) is 2.40. The van der Waals surface area contributed by atoms with Crippen molar-refractivity contribution in [3.8, 4) is 5.75 Å². The molecule has 0 radical (unpaired) electrons. The van der Waals surface area contributed by atoms with Gasteiger partial charge in [0.25, 0.3) is 0 Å². The third-order valence-electron chi connectivity index (χ3n) is 3.25. The molecule has 0 atom stereocenters. The molecule has 132 valence electrons. The second-order valence-corrected chi connectivity index (χ2v) is 6.11. The topological polar surface area (TPSA) is 104 Å². The molecule has 0 spiro atoms. The van der Waals surface area contributed by atoms with Gasteiger partial charge in [-0.15, -0.1) is 0 Å². The standard InChI is InChI=1S/C17H19IN4O3/c1-23-21-16(19)12-5-3-11(4-6-12)10-25-15-8-7-13(9-14(15)18)17(20)22-24-2/h3-9H,10H2,1-2H3,(H2,19,21)(H2,20,22). The molecule has 0 saturated carbocycles. The van der Waals surface area contributed by atoms with Crippen molar-refractivity contribution in [3.05, 3.63) is 62.7 Å². The number of benzene rings is 2. The zero-order chi connectivity index (χ0) is 18.2. The quantitative estimate of drug-likeness (QED) is 0.290. The number of nitrogens with zero attached hydrogens (tertiary/aromatic N) is 2. The van der Waals surface area contributed by atoms with E-state index in [1.165, 1.54) is 14.2 Å². The van der Waals surface area contributed by atoms with Gasteiger partial charge in [0.1, 0.15) is 26.6 Å². The van der Waals surface area contributed by atoms with Crippen LogP contribution < -0.4 is 16.2 Å². The molecule has 2 rings (SSSR count). The van der Waals surface area contributed by atoms with E-state index in [4.69, 9.17) is 16.2 Å². The van der Waals surface area contributed by atoms with Crippen LogP contribution in [-0.2, 0) is 16.3 Å². The first-order valence-electron chi connectivity index (χ1n) is 7.30. The zero-order valence-electron chi connectivity index (χ0n) is 13.9. The smallest absolute Gasteiger partial charge is 0.170 e. The summed E-state index contributed by atoms with van der Waals surface area (Å²) in [5, 5.41) is 7.41. The van der Waals surface area contributed by atoms with E-state index in [1.807, 2.05) is 42.5 Å². The van der Waals surface area contributed by atoms with Crippen LogP contribution in [0.2, 0.25) is 0 Å². The molecule has 7 nitrogen and oxygen atoms in total. The van der Waals surface area contributed by atoms with E-state index in [2.05, 4.69) is 42.6 Å². The summed E-state index contributed by atoms with van der Waals surface area (Å²) >= 11 is 2.19. The van der Waals surface area contributed by atoms with Gasteiger partial charge in [0.2, 0.25) is 0 Å². The van der Waals surface area contributed by atoms with Crippen molar-refractivity contribution in [2.45, 2.75) is 6.61 Å². The van der Waals surface area contributed by atoms with Crippen LogP contribution in [0.3, 0.4) is 0 Å². The molecule has 4 N–H and O–H groups in total. The lowest BCUT2D eigenvalue weighted by Crippen LogP contribution is -2.14. The highest BCUT2D eigenvalue weighted by molar-refractivity contribution is 14.1. The maximum absolute atomic E-state index is 5.86. The molecule has 0 aromatic heterocycles. The van der Waals surface area contributed by atoms with Gasteiger partial charge < -0.3 is 25.9 Å². The molecule has 25 heavy (non-hydrogen) atoms. The van der Waals surface area contributed by atoms with Crippen LogP contribution in [-0.4, -0.2) is 25.9 Å². The number of oxime groups is 2. The Morgan fingerprint density at radius 2 is 1.48 bits per heavy atom. The summed E-state index contributed by atoms with van der Waals surface area (Å²) in [6.07, 6.45) is 0. The fourth-order valence-corrected chi connectivity index (χ4v) is 2.68. The minimum atomic E-state index is 0.317. The van der Waals surface area contributed by atoms with E-state index in [9.17, 15) is 0 Å². The zero-order valence-corrected chi connectivity index (χ0v) is 16.1.